The second-order valence-corrected chi connectivity index (χ2v) is 4.99. The van der Waals surface area contributed by atoms with Crippen molar-refractivity contribution in [1.82, 2.24) is 9.88 Å². The second kappa shape index (κ2) is 5.22. The van der Waals surface area contributed by atoms with Crippen molar-refractivity contribution in [3.05, 3.63) is 33.2 Å². The van der Waals surface area contributed by atoms with Crippen LogP contribution < -0.4 is 5.43 Å². The van der Waals surface area contributed by atoms with E-state index in [9.17, 15) is 9.90 Å². The van der Waals surface area contributed by atoms with E-state index in [-0.39, 0.29) is 11.5 Å². The molecule has 0 radical (unpaired) electrons. The van der Waals surface area contributed by atoms with Crippen molar-refractivity contribution in [1.29, 1.82) is 0 Å². The van der Waals surface area contributed by atoms with Gasteiger partial charge in [0.05, 0.1) is 25.4 Å². The van der Waals surface area contributed by atoms with Crippen molar-refractivity contribution in [3.63, 3.8) is 0 Å². The maximum Gasteiger partial charge on any atom is 0.187 e. The molecule has 100 valence electrons. The van der Waals surface area contributed by atoms with Crippen molar-refractivity contribution >= 4 is 0 Å². The average Bonchev–Trinajstić information content (AvgIpc) is 2.76. The summed E-state index contributed by atoms with van der Waals surface area (Å²) in [5.74, 6) is 0. The Morgan fingerprint density at radius 3 is 2.83 bits per heavy atom. The number of hydrogen-bond acceptors (Lipinski definition) is 4. The van der Waals surface area contributed by atoms with Crippen molar-refractivity contribution in [2.45, 2.75) is 32.5 Å². The van der Waals surface area contributed by atoms with E-state index in [1.54, 1.807) is 13.1 Å². The molecule has 5 heteroatoms. The third kappa shape index (κ3) is 2.48. The number of nitrogens with zero attached hydrogens (tertiary/aromatic N) is 1. The number of H-pyrrole nitrogens is 1. The second-order valence-electron chi connectivity index (χ2n) is 4.99. The van der Waals surface area contributed by atoms with Gasteiger partial charge in [-0.05, 0) is 20.9 Å². The lowest BCUT2D eigenvalue weighted by atomic mass is 10.1. The molecule has 2 heterocycles. The van der Waals surface area contributed by atoms with Crippen LogP contribution in [0.1, 0.15) is 16.8 Å². The highest BCUT2D eigenvalue weighted by molar-refractivity contribution is 5.23. The number of aliphatic hydroxyl groups excluding tert-OH is 1. The van der Waals surface area contributed by atoms with E-state index in [2.05, 4.69) is 4.98 Å². The minimum absolute atomic E-state index is 0.00537. The number of rotatable bonds is 3. The van der Waals surface area contributed by atoms with Crippen molar-refractivity contribution in [3.8, 4) is 0 Å². The molecular weight excluding hydrogens is 232 g/mol. The van der Waals surface area contributed by atoms with E-state index >= 15 is 0 Å². The molecule has 1 aliphatic heterocycles. The molecule has 2 rings (SSSR count). The van der Waals surface area contributed by atoms with Gasteiger partial charge in [0, 0.05) is 29.6 Å². The first kappa shape index (κ1) is 13.3. The fourth-order valence-electron chi connectivity index (χ4n) is 2.29. The zero-order valence-corrected chi connectivity index (χ0v) is 11.1. The highest BCUT2D eigenvalue weighted by atomic mass is 16.5. The zero-order valence-electron chi connectivity index (χ0n) is 11.1. The van der Waals surface area contributed by atoms with Gasteiger partial charge in [0.25, 0.3) is 0 Å². The lowest BCUT2D eigenvalue weighted by Gasteiger charge is -2.25. The first-order valence-electron chi connectivity index (χ1n) is 6.14. The third-order valence-corrected chi connectivity index (χ3v) is 3.61. The number of aryl methyl sites for hydroxylation is 1. The molecule has 1 aromatic rings. The number of pyridine rings is 1. The standard InChI is InChI=1S/C13H20N2O3/c1-8-4-14-10(9(2)13(8)17)5-15(3)11-6-18-7-12(11)16/h4,11-12,16H,5-7H2,1-3H3,(H,14,17)/t11-,12-/m1/s1. The van der Waals surface area contributed by atoms with Crippen LogP contribution in [-0.2, 0) is 11.3 Å². The average molecular weight is 252 g/mol. The molecule has 0 spiro atoms. The van der Waals surface area contributed by atoms with Crippen molar-refractivity contribution < 1.29 is 9.84 Å². The number of ether oxygens (including phenoxy) is 1. The first-order chi connectivity index (χ1) is 8.50. The normalized spacial score (nSPS) is 23.8. The minimum atomic E-state index is -0.451. The highest BCUT2D eigenvalue weighted by Gasteiger charge is 2.29. The van der Waals surface area contributed by atoms with E-state index in [0.717, 1.165) is 16.8 Å². The Hall–Kier alpha value is -1.17. The predicted octanol–water partition coefficient (Wildman–Crippen LogP) is 0.183. The largest absolute Gasteiger partial charge is 0.389 e. The summed E-state index contributed by atoms with van der Waals surface area (Å²) >= 11 is 0. The Morgan fingerprint density at radius 2 is 2.22 bits per heavy atom. The lowest BCUT2D eigenvalue weighted by molar-refractivity contribution is 0.0918. The van der Waals surface area contributed by atoms with Crippen molar-refractivity contribution in [2.75, 3.05) is 20.3 Å². The molecule has 5 nitrogen and oxygen atoms in total. The number of nitrogens with one attached hydrogen (secondary N) is 1. The Bertz CT molecular complexity index is 484. The molecular formula is C13H20N2O3. The molecule has 1 saturated heterocycles. The fourth-order valence-corrected chi connectivity index (χ4v) is 2.29. The number of aromatic amines is 1. The van der Waals surface area contributed by atoms with Crippen LogP contribution in [0.2, 0.25) is 0 Å². The van der Waals surface area contributed by atoms with Gasteiger partial charge in [-0.15, -0.1) is 0 Å². The summed E-state index contributed by atoms with van der Waals surface area (Å²) in [7, 11) is 1.93. The molecule has 0 aromatic carbocycles. The van der Waals surface area contributed by atoms with Crippen LogP contribution in [0.15, 0.2) is 11.0 Å². The molecule has 0 aliphatic carbocycles. The van der Waals surface area contributed by atoms with Gasteiger partial charge >= 0.3 is 0 Å². The van der Waals surface area contributed by atoms with Crippen LogP contribution in [0.4, 0.5) is 0 Å². The number of aliphatic hydroxyl groups is 1. The molecule has 2 N–H and O–H groups in total. The molecule has 1 fully saturated rings. The van der Waals surface area contributed by atoms with Gasteiger partial charge in [-0.3, -0.25) is 9.69 Å². The SMILES string of the molecule is Cc1c[nH]c(CN(C)[C@@H]2COC[C@H]2O)c(C)c1=O. The molecule has 1 aliphatic rings. The molecule has 0 bridgehead atoms. The van der Waals surface area contributed by atoms with Gasteiger partial charge in [-0.2, -0.15) is 0 Å². The maximum absolute atomic E-state index is 11.8. The van der Waals surface area contributed by atoms with Gasteiger partial charge in [0.15, 0.2) is 5.43 Å². The molecule has 2 atom stereocenters. The quantitative estimate of drug-likeness (QED) is 0.805. The smallest absolute Gasteiger partial charge is 0.187 e. The summed E-state index contributed by atoms with van der Waals surface area (Å²) < 4.78 is 5.24. The van der Waals surface area contributed by atoms with Crippen LogP contribution in [0.5, 0.6) is 0 Å². The fraction of sp³-hybridized carbons (Fsp3) is 0.615. The molecule has 0 unspecified atom stereocenters. The number of aromatic nitrogens is 1. The molecule has 0 saturated carbocycles. The summed E-state index contributed by atoms with van der Waals surface area (Å²) in [6, 6.07) is -0.00537. The number of hydrogen-bond donors (Lipinski definition) is 2. The summed E-state index contributed by atoms with van der Waals surface area (Å²) in [4.78, 5) is 17.0. The Balaban J connectivity index is 2.14. The highest BCUT2D eigenvalue weighted by Crippen LogP contribution is 2.14. The molecule has 18 heavy (non-hydrogen) atoms. The maximum atomic E-state index is 11.8. The minimum Gasteiger partial charge on any atom is -0.389 e. The van der Waals surface area contributed by atoms with Crippen LogP contribution in [0.25, 0.3) is 0 Å². The lowest BCUT2D eigenvalue weighted by Crippen LogP contribution is -2.40. The predicted molar refractivity (Wildman–Crippen MR) is 68.6 cm³/mol. The van der Waals surface area contributed by atoms with Crippen LogP contribution in [0, 0.1) is 13.8 Å². The number of likely N-dealkylation sites (N-methyl/N-ethyl adjacent to an activating group) is 1. The van der Waals surface area contributed by atoms with E-state index in [1.165, 1.54) is 0 Å². The Kier molecular flexibility index (Phi) is 3.85. The van der Waals surface area contributed by atoms with Crippen LogP contribution in [0.3, 0.4) is 0 Å². The Morgan fingerprint density at radius 1 is 1.50 bits per heavy atom. The third-order valence-electron chi connectivity index (χ3n) is 3.61. The van der Waals surface area contributed by atoms with Gasteiger partial charge in [-0.25, -0.2) is 0 Å². The van der Waals surface area contributed by atoms with Crippen LogP contribution in [-0.4, -0.2) is 47.4 Å². The van der Waals surface area contributed by atoms with Gasteiger partial charge in [0.1, 0.15) is 0 Å². The van der Waals surface area contributed by atoms with E-state index in [0.29, 0.717) is 19.8 Å². The topological polar surface area (TPSA) is 65.6 Å². The summed E-state index contributed by atoms with van der Waals surface area (Å²) in [5.41, 5.74) is 2.45. The Labute approximate surface area is 106 Å². The molecule has 1 aromatic heterocycles. The summed E-state index contributed by atoms with van der Waals surface area (Å²) in [5, 5.41) is 9.77. The molecule has 0 amide bonds. The van der Waals surface area contributed by atoms with E-state index < -0.39 is 6.10 Å². The summed E-state index contributed by atoms with van der Waals surface area (Å²) in [6.07, 6.45) is 1.28. The summed E-state index contributed by atoms with van der Waals surface area (Å²) in [6.45, 7) is 5.15. The monoisotopic (exact) mass is 252 g/mol. The van der Waals surface area contributed by atoms with E-state index in [4.69, 9.17) is 4.74 Å². The zero-order chi connectivity index (χ0) is 13.3. The van der Waals surface area contributed by atoms with E-state index in [1.807, 2.05) is 18.9 Å². The first-order valence-corrected chi connectivity index (χ1v) is 6.14. The van der Waals surface area contributed by atoms with Gasteiger partial charge < -0.3 is 14.8 Å². The van der Waals surface area contributed by atoms with Gasteiger partial charge in [-0.1, -0.05) is 0 Å². The van der Waals surface area contributed by atoms with Crippen molar-refractivity contribution in [2.24, 2.45) is 0 Å². The van der Waals surface area contributed by atoms with Gasteiger partial charge in [0.2, 0.25) is 0 Å². The van der Waals surface area contributed by atoms with Crippen LogP contribution >= 0.6 is 0 Å².